The first-order valence-corrected chi connectivity index (χ1v) is 6.60. The minimum atomic E-state index is -0.599. The van der Waals surface area contributed by atoms with Crippen LogP contribution in [0.1, 0.15) is 6.92 Å². The highest BCUT2D eigenvalue weighted by Crippen LogP contribution is 2.20. The van der Waals surface area contributed by atoms with E-state index < -0.39 is 5.76 Å². The number of amides is 2. The van der Waals surface area contributed by atoms with E-state index in [2.05, 4.69) is 25.9 Å². The number of aromatic nitrogens is 4. The van der Waals surface area contributed by atoms with Crippen molar-refractivity contribution in [2.45, 2.75) is 13.5 Å². The summed E-state index contributed by atoms with van der Waals surface area (Å²) >= 11 is 0. The first-order valence-electron chi connectivity index (χ1n) is 6.60. The molecule has 0 aliphatic rings. The van der Waals surface area contributed by atoms with E-state index in [1.807, 2.05) is 0 Å². The van der Waals surface area contributed by atoms with Gasteiger partial charge in [-0.25, -0.2) is 9.48 Å². The maximum absolute atomic E-state index is 12.0. The van der Waals surface area contributed by atoms with Gasteiger partial charge in [0, 0.05) is 6.92 Å². The van der Waals surface area contributed by atoms with E-state index in [0.717, 1.165) is 0 Å². The quantitative estimate of drug-likeness (QED) is 0.634. The number of H-pyrrole nitrogens is 1. The Bertz CT molecular complexity index is 937. The molecule has 0 fully saturated rings. The fourth-order valence-corrected chi connectivity index (χ4v) is 2.02. The molecule has 3 aromatic rings. The number of para-hydroxylation sites is 1. The molecular weight excluding hydrogens is 304 g/mol. The lowest BCUT2D eigenvalue weighted by Crippen LogP contribution is -2.19. The summed E-state index contributed by atoms with van der Waals surface area (Å²) in [6, 6.07) is 4.95. The van der Waals surface area contributed by atoms with Crippen molar-refractivity contribution in [3.8, 4) is 0 Å². The van der Waals surface area contributed by atoms with Gasteiger partial charge in [0.2, 0.25) is 11.8 Å². The van der Waals surface area contributed by atoms with Gasteiger partial charge in [0.1, 0.15) is 6.54 Å². The predicted molar refractivity (Wildman–Crippen MR) is 79.8 cm³/mol. The van der Waals surface area contributed by atoms with Gasteiger partial charge in [0.05, 0.1) is 17.4 Å². The van der Waals surface area contributed by atoms with Gasteiger partial charge >= 0.3 is 5.76 Å². The summed E-state index contributed by atoms with van der Waals surface area (Å²) in [5, 5.41) is 12.5. The summed E-state index contributed by atoms with van der Waals surface area (Å²) in [6.07, 6.45) is 1.43. The topological polar surface area (TPSA) is 135 Å². The number of aromatic amines is 1. The van der Waals surface area contributed by atoms with E-state index in [1.54, 1.807) is 18.2 Å². The summed E-state index contributed by atoms with van der Waals surface area (Å²) < 4.78 is 6.26. The fraction of sp³-hybridized carbons (Fsp3) is 0.154. The number of nitrogens with zero attached hydrogens (tertiary/aromatic N) is 3. The van der Waals surface area contributed by atoms with Gasteiger partial charge in [-0.15, -0.1) is 5.10 Å². The highest BCUT2D eigenvalue weighted by molar-refractivity contribution is 5.98. The molecule has 0 aliphatic heterocycles. The van der Waals surface area contributed by atoms with Crippen LogP contribution in [0.2, 0.25) is 0 Å². The van der Waals surface area contributed by atoms with Gasteiger partial charge in [-0.2, -0.15) is 0 Å². The Labute approximate surface area is 128 Å². The molecular formula is C13H12N6O4. The Morgan fingerprint density at radius 1 is 1.35 bits per heavy atom. The highest BCUT2D eigenvalue weighted by Gasteiger charge is 2.11. The van der Waals surface area contributed by atoms with E-state index in [1.165, 1.54) is 17.8 Å². The normalized spacial score (nSPS) is 10.7. The van der Waals surface area contributed by atoms with Crippen molar-refractivity contribution in [1.82, 2.24) is 20.0 Å². The van der Waals surface area contributed by atoms with Crippen LogP contribution >= 0.6 is 0 Å². The number of nitrogens with one attached hydrogen (secondary N) is 3. The Hall–Kier alpha value is -3.43. The van der Waals surface area contributed by atoms with E-state index in [-0.39, 0.29) is 29.8 Å². The van der Waals surface area contributed by atoms with E-state index in [0.29, 0.717) is 11.2 Å². The van der Waals surface area contributed by atoms with Crippen molar-refractivity contribution < 1.29 is 14.0 Å². The molecule has 10 heteroatoms. The molecule has 3 N–H and O–H groups in total. The third-order valence-corrected chi connectivity index (χ3v) is 2.87. The standard InChI is InChI=1S/C13H12N6O4/c1-7(20)14-10-5-19(18-17-10)6-11(21)15-8-3-2-4-9-12(8)23-13(22)16-9/h2-5H,6H2,1H3,(H,14,20)(H,15,21)(H,16,22). The van der Waals surface area contributed by atoms with Crippen molar-refractivity contribution in [2.75, 3.05) is 10.6 Å². The number of oxazole rings is 1. The van der Waals surface area contributed by atoms with Crippen LogP contribution in [-0.4, -0.2) is 31.8 Å². The average molecular weight is 316 g/mol. The Morgan fingerprint density at radius 3 is 2.96 bits per heavy atom. The smallest absolute Gasteiger partial charge is 0.406 e. The van der Waals surface area contributed by atoms with Gasteiger partial charge in [0.15, 0.2) is 11.4 Å². The van der Waals surface area contributed by atoms with Gasteiger partial charge in [-0.05, 0) is 12.1 Å². The summed E-state index contributed by atoms with van der Waals surface area (Å²) in [7, 11) is 0. The van der Waals surface area contributed by atoms with Crippen LogP contribution in [0, 0.1) is 0 Å². The number of rotatable bonds is 4. The maximum atomic E-state index is 12.0. The van der Waals surface area contributed by atoms with Crippen LogP contribution in [0.25, 0.3) is 11.1 Å². The summed E-state index contributed by atoms with van der Waals surface area (Å²) in [5.74, 6) is -1.02. The lowest BCUT2D eigenvalue weighted by atomic mass is 10.3. The number of carbonyl (C=O) groups excluding carboxylic acids is 2. The van der Waals surface area contributed by atoms with Crippen LogP contribution in [-0.2, 0) is 16.1 Å². The summed E-state index contributed by atoms with van der Waals surface area (Å²) in [4.78, 5) is 36.7. The second kappa shape index (κ2) is 5.75. The van der Waals surface area contributed by atoms with Crippen LogP contribution in [0.4, 0.5) is 11.5 Å². The monoisotopic (exact) mass is 316 g/mol. The zero-order valence-corrected chi connectivity index (χ0v) is 12.0. The van der Waals surface area contributed by atoms with E-state index >= 15 is 0 Å². The molecule has 0 bridgehead atoms. The maximum Gasteiger partial charge on any atom is 0.417 e. The Balaban J connectivity index is 1.72. The van der Waals surface area contributed by atoms with Gasteiger partial charge in [-0.1, -0.05) is 11.3 Å². The van der Waals surface area contributed by atoms with Crippen molar-refractivity contribution in [3.63, 3.8) is 0 Å². The molecule has 0 radical (unpaired) electrons. The molecule has 0 atom stereocenters. The fourth-order valence-electron chi connectivity index (χ4n) is 2.02. The van der Waals surface area contributed by atoms with Gasteiger partial charge in [0.25, 0.3) is 0 Å². The number of anilines is 2. The average Bonchev–Trinajstić information content (AvgIpc) is 3.04. The molecule has 2 aromatic heterocycles. The first-order chi connectivity index (χ1) is 11.0. The second-order valence-corrected chi connectivity index (χ2v) is 4.73. The van der Waals surface area contributed by atoms with Crippen LogP contribution in [0.3, 0.4) is 0 Å². The summed E-state index contributed by atoms with van der Waals surface area (Å²) in [6.45, 7) is 1.23. The van der Waals surface area contributed by atoms with Crippen molar-refractivity contribution in [1.29, 1.82) is 0 Å². The van der Waals surface area contributed by atoms with Gasteiger partial charge in [-0.3, -0.25) is 14.6 Å². The zero-order chi connectivity index (χ0) is 16.4. The molecule has 0 saturated heterocycles. The van der Waals surface area contributed by atoms with Crippen LogP contribution in [0.5, 0.6) is 0 Å². The third kappa shape index (κ3) is 3.26. The molecule has 118 valence electrons. The Kier molecular flexibility index (Phi) is 3.63. The lowest BCUT2D eigenvalue weighted by molar-refractivity contribution is -0.117. The zero-order valence-electron chi connectivity index (χ0n) is 12.0. The van der Waals surface area contributed by atoms with Crippen molar-refractivity contribution in [3.05, 3.63) is 34.9 Å². The minimum absolute atomic E-state index is 0.113. The number of benzene rings is 1. The highest BCUT2D eigenvalue weighted by atomic mass is 16.4. The molecule has 1 aromatic carbocycles. The van der Waals surface area contributed by atoms with Crippen molar-refractivity contribution in [2.24, 2.45) is 0 Å². The first kappa shape index (κ1) is 14.5. The third-order valence-electron chi connectivity index (χ3n) is 2.87. The van der Waals surface area contributed by atoms with Gasteiger partial charge < -0.3 is 15.1 Å². The molecule has 10 nitrogen and oxygen atoms in total. The van der Waals surface area contributed by atoms with Crippen LogP contribution in [0.15, 0.2) is 33.6 Å². The van der Waals surface area contributed by atoms with Crippen molar-refractivity contribution >= 4 is 34.4 Å². The molecule has 23 heavy (non-hydrogen) atoms. The molecule has 3 rings (SSSR count). The summed E-state index contributed by atoms with van der Waals surface area (Å²) in [5.41, 5.74) is 1.12. The Morgan fingerprint density at radius 2 is 2.17 bits per heavy atom. The SMILES string of the molecule is CC(=O)Nc1cn(CC(=O)Nc2cccc3[nH]c(=O)oc23)nn1. The number of hydrogen-bond acceptors (Lipinski definition) is 6. The predicted octanol–water partition coefficient (Wildman–Crippen LogP) is 0.310. The van der Waals surface area contributed by atoms with E-state index in [9.17, 15) is 14.4 Å². The molecule has 2 heterocycles. The molecule has 0 unspecified atom stereocenters. The number of carbonyl (C=O) groups is 2. The molecule has 0 saturated carbocycles. The second-order valence-electron chi connectivity index (χ2n) is 4.73. The molecule has 2 amide bonds. The molecule has 0 spiro atoms. The van der Waals surface area contributed by atoms with Crippen LogP contribution < -0.4 is 16.4 Å². The number of hydrogen-bond donors (Lipinski definition) is 3. The molecule has 0 aliphatic carbocycles. The minimum Gasteiger partial charge on any atom is -0.406 e. The van der Waals surface area contributed by atoms with E-state index in [4.69, 9.17) is 4.42 Å². The lowest BCUT2D eigenvalue weighted by Gasteiger charge is -2.04. The largest absolute Gasteiger partial charge is 0.417 e. The number of fused-ring (bicyclic) bond motifs is 1.